The van der Waals surface area contributed by atoms with Gasteiger partial charge in [0.05, 0.1) is 12.5 Å². The largest absolute Gasteiger partial charge is 0.497 e. The molecule has 0 radical (unpaired) electrons. The monoisotopic (exact) mass is 734 g/mol. The highest BCUT2D eigenvalue weighted by atomic mass is 16.5. The van der Waals surface area contributed by atoms with Crippen molar-refractivity contribution >= 4 is 16.8 Å². The molecule has 1 aliphatic heterocycles. The number of hydrogen-bond acceptors (Lipinski definition) is 2. The number of methoxy groups -OCH3 is 1. The summed E-state index contributed by atoms with van der Waals surface area (Å²) in [5.41, 5.74) is 15.7. The zero-order valence-electron chi connectivity index (χ0n) is 32.6. The van der Waals surface area contributed by atoms with E-state index in [0.717, 1.165) is 33.6 Å². The van der Waals surface area contributed by atoms with Crippen LogP contribution in [-0.2, 0) is 16.4 Å². The third-order valence-corrected chi connectivity index (χ3v) is 13.1. The lowest BCUT2D eigenvalue weighted by molar-refractivity contribution is 0.163. The third kappa shape index (κ3) is 4.53. The Hall–Kier alpha value is -6.64. The Morgan fingerprint density at radius 1 is 0.509 bits per heavy atom. The zero-order chi connectivity index (χ0) is 38.5. The molecule has 1 atom stereocenters. The highest BCUT2D eigenvalue weighted by Crippen LogP contribution is 2.60. The molecule has 8 aromatic carbocycles. The van der Waals surface area contributed by atoms with Crippen molar-refractivity contribution in [1.82, 2.24) is 0 Å². The Kier molecular flexibility index (Phi) is 7.20. The quantitative estimate of drug-likeness (QED) is 0.175. The molecule has 0 fully saturated rings. The zero-order valence-corrected chi connectivity index (χ0v) is 32.6. The molecule has 274 valence electrons. The fourth-order valence-electron chi connectivity index (χ4n) is 10.5. The first kappa shape index (κ1) is 33.7. The van der Waals surface area contributed by atoms with Gasteiger partial charge in [0.2, 0.25) is 0 Å². The van der Waals surface area contributed by atoms with Crippen molar-refractivity contribution < 1.29 is 9.47 Å². The number of fused-ring (bicyclic) bond motifs is 11. The van der Waals surface area contributed by atoms with Crippen LogP contribution in [0.25, 0.3) is 39.1 Å². The fraction of sp³-hybridized carbons (Fsp3) is 0.127. The van der Waals surface area contributed by atoms with E-state index in [0.29, 0.717) is 0 Å². The molecule has 2 aliphatic carbocycles. The molecular weight excluding hydrogens is 693 g/mol. The molecule has 0 saturated heterocycles. The molecule has 0 aromatic heterocycles. The van der Waals surface area contributed by atoms with Crippen molar-refractivity contribution in [3.05, 3.63) is 232 Å². The first-order valence-corrected chi connectivity index (χ1v) is 20.0. The maximum atomic E-state index is 7.81. The topological polar surface area (TPSA) is 18.5 Å². The molecule has 2 nitrogen and oxygen atoms in total. The van der Waals surface area contributed by atoms with E-state index in [4.69, 9.17) is 9.47 Å². The van der Waals surface area contributed by atoms with E-state index in [1.807, 2.05) is 12.1 Å². The number of benzene rings is 8. The van der Waals surface area contributed by atoms with Crippen molar-refractivity contribution in [2.75, 3.05) is 7.11 Å². The van der Waals surface area contributed by atoms with Gasteiger partial charge >= 0.3 is 0 Å². The van der Waals surface area contributed by atoms with Gasteiger partial charge in [0, 0.05) is 27.5 Å². The first-order valence-electron chi connectivity index (χ1n) is 20.0. The molecule has 0 amide bonds. The van der Waals surface area contributed by atoms with Gasteiger partial charge in [-0.1, -0.05) is 177 Å². The minimum absolute atomic E-state index is 0.219. The second-order valence-electron chi connectivity index (χ2n) is 16.4. The van der Waals surface area contributed by atoms with Crippen molar-refractivity contribution in [2.45, 2.75) is 37.2 Å². The van der Waals surface area contributed by atoms with E-state index in [-0.39, 0.29) is 5.41 Å². The van der Waals surface area contributed by atoms with Crippen molar-refractivity contribution in [1.29, 1.82) is 0 Å². The van der Waals surface area contributed by atoms with E-state index in [1.165, 1.54) is 66.6 Å². The Morgan fingerprint density at radius 3 is 1.84 bits per heavy atom. The van der Waals surface area contributed by atoms with E-state index in [2.05, 4.69) is 191 Å². The van der Waals surface area contributed by atoms with Gasteiger partial charge in [0.1, 0.15) is 11.5 Å². The number of aryl methyl sites for hydroxylation is 1. The van der Waals surface area contributed by atoms with Gasteiger partial charge < -0.3 is 9.47 Å². The van der Waals surface area contributed by atoms with Gasteiger partial charge in [0.25, 0.3) is 0 Å². The lowest BCUT2D eigenvalue weighted by Crippen LogP contribution is -2.36. The molecule has 8 aromatic rings. The molecular formula is C55H42O2. The molecule has 11 rings (SSSR count). The lowest BCUT2D eigenvalue weighted by atomic mass is 9.67. The van der Waals surface area contributed by atoms with Crippen LogP contribution in [0.4, 0.5) is 0 Å². The highest BCUT2D eigenvalue weighted by Gasteiger charge is 2.49. The van der Waals surface area contributed by atoms with Gasteiger partial charge in [-0.15, -0.1) is 0 Å². The highest BCUT2D eigenvalue weighted by molar-refractivity contribution is 6.08. The SMILES string of the molecule is COc1ccc(C2(c3ccc4c(c3)C(c3ccccc3)(c3ccccc3)c3ccccc3-4)C=Cc3c4c(c5ccccc5c3O2)-c2ccc(C)cc2C4(C)C)cc1. The second kappa shape index (κ2) is 12.2. The van der Waals surface area contributed by atoms with Crippen LogP contribution in [0.3, 0.4) is 0 Å². The predicted molar refractivity (Wildman–Crippen MR) is 233 cm³/mol. The van der Waals surface area contributed by atoms with Crippen molar-refractivity contribution in [2.24, 2.45) is 0 Å². The van der Waals surface area contributed by atoms with Crippen LogP contribution >= 0.6 is 0 Å². The smallest absolute Gasteiger partial charge is 0.178 e. The summed E-state index contributed by atoms with van der Waals surface area (Å²) in [5.74, 6) is 1.73. The van der Waals surface area contributed by atoms with Crippen LogP contribution < -0.4 is 9.47 Å². The fourth-order valence-corrected chi connectivity index (χ4v) is 10.5. The van der Waals surface area contributed by atoms with Crippen molar-refractivity contribution in [3.63, 3.8) is 0 Å². The summed E-state index contributed by atoms with van der Waals surface area (Å²) in [6.45, 7) is 6.94. The maximum Gasteiger partial charge on any atom is 0.178 e. The van der Waals surface area contributed by atoms with Gasteiger partial charge in [-0.05, 0) is 92.2 Å². The van der Waals surface area contributed by atoms with Crippen LogP contribution in [0.15, 0.2) is 176 Å². The summed E-state index contributed by atoms with van der Waals surface area (Å²) in [6.07, 6.45) is 4.67. The van der Waals surface area contributed by atoms with Crippen LogP contribution in [0, 0.1) is 6.92 Å². The molecule has 1 unspecified atom stereocenters. The molecule has 0 N–H and O–H groups in total. The van der Waals surface area contributed by atoms with E-state index in [1.54, 1.807) is 7.11 Å². The standard InChI is InChI=1S/C55H42O2/c1-35-23-29-45-48(33-35)53(2,3)51-46-31-32-54(36-24-27-40(56-4)28-25-36,57-52(46)44-21-12-11-20-43(44)50(45)51)39-26-30-42-41-19-13-14-22-47(41)55(49(42)34-39,37-15-7-5-8-16-37)38-17-9-6-10-18-38/h5-34H,1-4H3. The third-order valence-electron chi connectivity index (χ3n) is 13.1. The average Bonchev–Trinajstić information content (AvgIpc) is 3.69. The summed E-state index contributed by atoms with van der Waals surface area (Å²) < 4.78 is 13.5. The van der Waals surface area contributed by atoms with E-state index >= 15 is 0 Å². The summed E-state index contributed by atoms with van der Waals surface area (Å²) in [6, 6.07) is 62.2. The molecule has 0 bridgehead atoms. The second-order valence-corrected chi connectivity index (χ2v) is 16.4. The predicted octanol–water partition coefficient (Wildman–Crippen LogP) is 13.2. The summed E-state index contributed by atoms with van der Waals surface area (Å²) >= 11 is 0. The van der Waals surface area contributed by atoms with E-state index in [9.17, 15) is 0 Å². The van der Waals surface area contributed by atoms with Crippen LogP contribution in [-0.4, -0.2) is 7.11 Å². The van der Waals surface area contributed by atoms with Gasteiger partial charge in [0.15, 0.2) is 5.60 Å². The Labute approximate surface area is 334 Å². The summed E-state index contributed by atoms with van der Waals surface area (Å²) in [5, 5.41) is 2.34. The van der Waals surface area contributed by atoms with Gasteiger partial charge in [-0.2, -0.15) is 0 Å². The molecule has 2 heteroatoms. The number of ether oxygens (including phenoxy) is 2. The first-order chi connectivity index (χ1) is 27.9. The number of hydrogen-bond donors (Lipinski definition) is 0. The minimum Gasteiger partial charge on any atom is -0.497 e. The van der Waals surface area contributed by atoms with Crippen molar-refractivity contribution in [3.8, 4) is 33.8 Å². The molecule has 0 spiro atoms. The van der Waals surface area contributed by atoms with Gasteiger partial charge in [-0.3, -0.25) is 0 Å². The van der Waals surface area contributed by atoms with Gasteiger partial charge in [-0.25, -0.2) is 0 Å². The normalized spacial score (nSPS) is 17.5. The number of rotatable bonds is 5. The average molecular weight is 735 g/mol. The lowest BCUT2D eigenvalue weighted by Gasteiger charge is -2.39. The van der Waals surface area contributed by atoms with Crippen LogP contribution in [0.2, 0.25) is 0 Å². The Balaban J connectivity index is 1.21. The van der Waals surface area contributed by atoms with E-state index < -0.39 is 11.0 Å². The molecule has 0 saturated carbocycles. The summed E-state index contributed by atoms with van der Waals surface area (Å²) in [4.78, 5) is 0. The Bertz CT molecular complexity index is 2900. The molecule has 1 heterocycles. The maximum absolute atomic E-state index is 7.81. The molecule has 57 heavy (non-hydrogen) atoms. The van der Waals surface area contributed by atoms with Crippen LogP contribution in [0.1, 0.15) is 69.5 Å². The Morgan fingerprint density at radius 2 is 1.12 bits per heavy atom. The van der Waals surface area contributed by atoms with Crippen LogP contribution in [0.5, 0.6) is 11.5 Å². The molecule has 3 aliphatic rings. The minimum atomic E-state index is -0.953. The summed E-state index contributed by atoms with van der Waals surface area (Å²) in [7, 11) is 1.72.